The van der Waals surface area contributed by atoms with E-state index in [1.165, 1.54) is 24.3 Å². The minimum atomic E-state index is -2.89. The third-order valence-corrected chi connectivity index (χ3v) is 4.93. The van der Waals surface area contributed by atoms with Gasteiger partial charge in [0.25, 0.3) is 5.22 Å². The number of thioether (sulfide) groups is 1. The molecule has 0 radical (unpaired) electrons. The van der Waals surface area contributed by atoms with E-state index in [9.17, 15) is 18.8 Å². The summed E-state index contributed by atoms with van der Waals surface area (Å²) in [5.41, 5.74) is -0.227. The van der Waals surface area contributed by atoms with Gasteiger partial charge in [0.2, 0.25) is 11.8 Å². The van der Waals surface area contributed by atoms with Crippen molar-refractivity contribution in [3.05, 3.63) is 24.3 Å². The van der Waals surface area contributed by atoms with Gasteiger partial charge >= 0.3 is 6.61 Å². The summed E-state index contributed by atoms with van der Waals surface area (Å²) in [5.74, 6) is 0.00652. The predicted molar refractivity (Wildman–Crippen MR) is 92.0 cm³/mol. The molecule has 1 aromatic carbocycles. The predicted octanol–water partition coefficient (Wildman–Crippen LogP) is 3.38. The summed E-state index contributed by atoms with van der Waals surface area (Å²) in [7, 11) is 0. The van der Waals surface area contributed by atoms with Crippen molar-refractivity contribution in [2.24, 2.45) is 0 Å². The minimum Gasteiger partial charge on any atom is -0.435 e. The number of nitrogens with one attached hydrogen (secondary N) is 1. The second-order valence-corrected chi connectivity index (χ2v) is 6.94. The first-order chi connectivity index (χ1) is 13.0. The standard InChI is InChI=1S/C17H16F2N4O3S/c18-15(19)25-12-5-3-11(4-6-12)14-22-23-16(26-14)27-9-13(24)21-17(10-20)7-1-2-8-17/h3-6,15H,1-2,7-9H2,(H,21,24). The van der Waals surface area contributed by atoms with Crippen LogP contribution in [0.25, 0.3) is 11.5 Å². The number of hydrogen-bond donors (Lipinski definition) is 1. The zero-order chi connectivity index (χ0) is 19.3. The quantitative estimate of drug-likeness (QED) is 0.718. The van der Waals surface area contributed by atoms with Gasteiger partial charge < -0.3 is 14.5 Å². The smallest absolute Gasteiger partial charge is 0.387 e. The lowest BCUT2D eigenvalue weighted by Gasteiger charge is -2.21. The van der Waals surface area contributed by atoms with Crippen LogP contribution in [-0.2, 0) is 4.79 Å². The summed E-state index contributed by atoms with van der Waals surface area (Å²) in [4.78, 5) is 12.1. The highest BCUT2D eigenvalue weighted by Gasteiger charge is 2.35. The van der Waals surface area contributed by atoms with Gasteiger partial charge in [-0.3, -0.25) is 4.79 Å². The van der Waals surface area contributed by atoms with Gasteiger partial charge in [-0.05, 0) is 49.9 Å². The lowest BCUT2D eigenvalue weighted by atomic mass is 10.0. The van der Waals surface area contributed by atoms with Crippen LogP contribution in [0.3, 0.4) is 0 Å². The van der Waals surface area contributed by atoms with E-state index in [0.29, 0.717) is 18.4 Å². The number of nitrogens with zero attached hydrogens (tertiary/aromatic N) is 3. The Balaban J connectivity index is 1.55. The van der Waals surface area contributed by atoms with Crippen LogP contribution in [0.4, 0.5) is 8.78 Å². The fourth-order valence-electron chi connectivity index (χ4n) is 2.84. The van der Waals surface area contributed by atoms with Crippen molar-refractivity contribution >= 4 is 17.7 Å². The normalized spacial score (nSPS) is 15.5. The largest absolute Gasteiger partial charge is 0.435 e. The maximum Gasteiger partial charge on any atom is 0.387 e. The fourth-order valence-corrected chi connectivity index (χ4v) is 3.40. The van der Waals surface area contributed by atoms with Crippen LogP contribution in [0.2, 0.25) is 0 Å². The Labute approximate surface area is 158 Å². The molecule has 1 aliphatic carbocycles. The molecule has 1 N–H and O–H groups in total. The molecule has 1 saturated carbocycles. The Morgan fingerprint density at radius 2 is 2.04 bits per heavy atom. The molecule has 1 aliphatic rings. The number of hydrogen-bond acceptors (Lipinski definition) is 7. The van der Waals surface area contributed by atoms with E-state index in [0.717, 1.165) is 24.6 Å². The molecule has 10 heteroatoms. The van der Waals surface area contributed by atoms with Crippen molar-refractivity contribution in [2.75, 3.05) is 5.75 Å². The molecule has 7 nitrogen and oxygen atoms in total. The number of aromatic nitrogens is 2. The van der Waals surface area contributed by atoms with Crippen LogP contribution >= 0.6 is 11.8 Å². The van der Waals surface area contributed by atoms with Crippen molar-refractivity contribution < 1.29 is 22.7 Å². The van der Waals surface area contributed by atoms with Gasteiger partial charge in [-0.1, -0.05) is 11.8 Å². The van der Waals surface area contributed by atoms with Crippen LogP contribution in [0, 0.1) is 11.3 Å². The third-order valence-electron chi connectivity index (χ3n) is 4.11. The molecule has 0 saturated heterocycles. The fraction of sp³-hybridized carbons (Fsp3) is 0.412. The molecule has 0 aliphatic heterocycles. The summed E-state index contributed by atoms with van der Waals surface area (Å²) in [6.07, 6.45) is 3.18. The first kappa shape index (κ1) is 19.1. The molecular weight excluding hydrogens is 378 g/mol. The van der Waals surface area contributed by atoms with Crippen molar-refractivity contribution in [1.82, 2.24) is 15.5 Å². The second kappa shape index (κ2) is 8.35. The second-order valence-electron chi connectivity index (χ2n) is 6.01. The van der Waals surface area contributed by atoms with Crippen molar-refractivity contribution in [3.63, 3.8) is 0 Å². The maximum absolute atomic E-state index is 12.2. The zero-order valence-corrected chi connectivity index (χ0v) is 15.0. The molecule has 27 heavy (non-hydrogen) atoms. The molecule has 1 aromatic heterocycles. The highest BCUT2D eigenvalue weighted by molar-refractivity contribution is 7.99. The molecular formula is C17H16F2N4O3S. The Morgan fingerprint density at radius 1 is 1.33 bits per heavy atom. The number of benzene rings is 1. The number of alkyl halides is 2. The highest BCUT2D eigenvalue weighted by Crippen LogP contribution is 2.29. The average Bonchev–Trinajstić information content (AvgIpc) is 3.30. The van der Waals surface area contributed by atoms with E-state index in [2.05, 4.69) is 26.3 Å². The molecule has 0 spiro atoms. The molecule has 0 atom stereocenters. The topological polar surface area (TPSA) is 101 Å². The Kier molecular flexibility index (Phi) is 5.91. The molecule has 1 amide bonds. The first-order valence-corrected chi connectivity index (χ1v) is 9.22. The molecule has 2 aromatic rings. The summed E-state index contributed by atoms with van der Waals surface area (Å²) in [6, 6.07) is 7.97. The maximum atomic E-state index is 12.2. The van der Waals surface area contributed by atoms with E-state index in [1.807, 2.05) is 0 Å². The van der Waals surface area contributed by atoms with Crippen LogP contribution < -0.4 is 10.1 Å². The number of carbonyl (C=O) groups excluding carboxylic acids is 1. The van der Waals surface area contributed by atoms with Gasteiger partial charge in [-0.2, -0.15) is 14.0 Å². The minimum absolute atomic E-state index is 0.0258. The van der Waals surface area contributed by atoms with Gasteiger partial charge in [0, 0.05) is 5.56 Å². The number of ether oxygens (including phenoxy) is 1. The molecule has 0 bridgehead atoms. The zero-order valence-electron chi connectivity index (χ0n) is 14.2. The van der Waals surface area contributed by atoms with Crippen LogP contribution in [0.15, 0.2) is 33.9 Å². The van der Waals surface area contributed by atoms with Crippen molar-refractivity contribution in [2.45, 2.75) is 43.1 Å². The lowest BCUT2D eigenvalue weighted by Crippen LogP contribution is -2.45. The molecule has 1 heterocycles. The van der Waals surface area contributed by atoms with E-state index in [-0.39, 0.29) is 28.5 Å². The first-order valence-electron chi connectivity index (χ1n) is 8.23. The van der Waals surface area contributed by atoms with Crippen molar-refractivity contribution in [1.29, 1.82) is 5.26 Å². The van der Waals surface area contributed by atoms with Gasteiger partial charge in [-0.15, -0.1) is 10.2 Å². The summed E-state index contributed by atoms with van der Waals surface area (Å²) in [6.45, 7) is -2.89. The van der Waals surface area contributed by atoms with Gasteiger partial charge in [0.1, 0.15) is 11.3 Å². The number of amides is 1. The average molecular weight is 394 g/mol. The molecule has 3 rings (SSSR count). The van der Waals surface area contributed by atoms with Crippen LogP contribution in [0.5, 0.6) is 5.75 Å². The van der Waals surface area contributed by atoms with Gasteiger partial charge in [0.15, 0.2) is 0 Å². The third kappa shape index (κ3) is 4.95. The Bertz CT molecular complexity index is 829. The summed E-state index contributed by atoms with van der Waals surface area (Å²) in [5, 5.41) is 20.0. The van der Waals surface area contributed by atoms with E-state index in [1.54, 1.807) is 0 Å². The van der Waals surface area contributed by atoms with Gasteiger partial charge in [0.05, 0.1) is 11.8 Å². The Morgan fingerprint density at radius 3 is 2.67 bits per heavy atom. The monoisotopic (exact) mass is 394 g/mol. The van der Waals surface area contributed by atoms with Crippen LogP contribution in [0.1, 0.15) is 25.7 Å². The number of rotatable bonds is 7. The highest BCUT2D eigenvalue weighted by atomic mass is 32.2. The molecule has 142 valence electrons. The molecule has 0 unspecified atom stereocenters. The number of nitriles is 1. The van der Waals surface area contributed by atoms with E-state index >= 15 is 0 Å². The summed E-state index contributed by atoms with van der Waals surface area (Å²) < 4.78 is 34.1. The lowest BCUT2D eigenvalue weighted by molar-refractivity contribution is -0.119. The van der Waals surface area contributed by atoms with Crippen LogP contribution in [-0.4, -0.2) is 34.0 Å². The van der Waals surface area contributed by atoms with Gasteiger partial charge in [-0.25, -0.2) is 0 Å². The molecule has 1 fully saturated rings. The number of halogens is 2. The van der Waals surface area contributed by atoms with E-state index in [4.69, 9.17) is 4.42 Å². The summed E-state index contributed by atoms with van der Waals surface area (Å²) >= 11 is 1.06. The van der Waals surface area contributed by atoms with Crippen molar-refractivity contribution in [3.8, 4) is 23.3 Å². The number of carbonyl (C=O) groups is 1. The van der Waals surface area contributed by atoms with E-state index < -0.39 is 12.2 Å². The SMILES string of the molecule is N#CC1(NC(=O)CSc2nnc(-c3ccc(OC(F)F)cc3)o2)CCCC1. The Hall–Kier alpha value is -2.67.